The lowest BCUT2D eigenvalue weighted by Crippen LogP contribution is -2.37. The van der Waals surface area contributed by atoms with E-state index in [4.69, 9.17) is 33.2 Å². The Bertz CT molecular complexity index is 1330. The van der Waals surface area contributed by atoms with E-state index in [-0.39, 0.29) is 30.6 Å². The molecule has 9 heteroatoms. The molecule has 1 saturated heterocycles. The number of fused-ring (bicyclic) bond motifs is 2. The molecule has 0 spiro atoms. The third-order valence-corrected chi connectivity index (χ3v) is 7.11. The second-order valence-corrected chi connectivity index (χ2v) is 10.9. The summed E-state index contributed by atoms with van der Waals surface area (Å²) in [5.74, 6) is -1.43. The van der Waals surface area contributed by atoms with Crippen LogP contribution in [-0.4, -0.2) is 62.7 Å². The molecule has 0 aromatic heterocycles. The van der Waals surface area contributed by atoms with Crippen LogP contribution in [0.15, 0.2) is 73.3 Å². The van der Waals surface area contributed by atoms with Crippen LogP contribution in [0.25, 0.3) is 6.08 Å². The van der Waals surface area contributed by atoms with Crippen molar-refractivity contribution < 1.29 is 42.7 Å². The smallest absolute Gasteiger partial charge is 0.342 e. The molecule has 0 bridgehead atoms. The topological polar surface area (TPSA) is 98.8 Å². The first kappa shape index (κ1) is 32.0. The van der Waals surface area contributed by atoms with E-state index in [1.54, 1.807) is 61.5 Å². The van der Waals surface area contributed by atoms with Gasteiger partial charge < -0.3 is 33.2 Å². The molecule has 2 aromatic carbocycles. The standard InChI is InChI=1S/C34H40O9/c1-7-18-38-26-19-25-14-11-15-28-31(43-34(4,5)42-28)27(41-32(35)24-12-9-8-10-13-24)17-16-22(2)23(3)40-33(36)30(25)29(20-26)39-21-37-6/h7-14,16-17,19-20,22-23,27-28,31H,1,15,18,21H2,2-6H3/b14-11+,17-16-/t22-,23?,27?,28?,31?/m1/s1. The zero-order valence-electron chi connectivity index (χ0n) is 25.3. The zero-order chi connectivity index (χ0) is 31.0. The van der Waals surface area contributed by atoms with Gasteiger partial charge >= 0.3 is 11.9 Å². The molecule has 4 unspecified atom stereocenters. The number of esters is 2. The summed E-state index contributed by atoms with van der Waals surface area (Å²) >= 11 is 0. The Kier molecular flexibility index (Phi) is 10.8. The fourth-order valence-corrected chi connectivity index (χ4v) is 4.85. The molecule has 2 heterocycles. The van der Waals surface area contributed by atoms with Gasteiger partial charge in [0, 0.05) is 19.1 Å². The van der Waals surface area contributed by atoms with Crippen LogP contribution < -0.4 is 9.47 Å². The maximum atomic E-state index is 13.6. The summed E-state index contributed by atoms with van der Waals surface area (Å²) in [6.07, 6.45) is 7.00. The van der Waals surface area contributed by atoms with Gasteiger partial charge in [0.25, 0.3) is 0 Å². The van der Waals surface area contributed by atoms with Gasteiger partial charge in [0.15, 0.2) is 12.6 Å². The number of benzene rings is 2. The van der Waals surface area contributed by atoms with E-state index < -0.39 is 42.1 Å². The molecule has 1 fully saturated rings. The fourth-order valence-electron chi connectivity index (χ4n) is 4.85. The summed E-state index contributed by atoms with van der Waals surface area (Å²) in [7, 11) is 1.50. The predicted molar refractivity (Wildman–Crippen MR) is 161 cm³/mol. The Morgan fingerprint density at radius 1 is 1.09 bits per heavy atom. The van der Waals surface area contributed by atoms with E-state index in [0.717, 1.165) is 0 Å². The van der Waals surface area contributed by atoms with E-state index in [9.17, 15) is 9.59 Å². The van der Waals surface area contributed by atoms with Gasteiger partial charge in [-0.25, -0.2) is 9.59 Å². The minimum absolute atomic E-state index is 0.0733. The molecule has 0 aliphatic carbocycles. The maximum absolute atomic E-state index is 13.6. The SMILES string of the molecule is C=CCOc1cc2c(c(OCOC)c1)C(=O)OC(C)[C@H](C)/C=C\C(OC(=O)c1ccccc1)C1OC(C)(C)OC1C/C=C/2. The number of hydrogen-bond acceptors (Lipinski definition) is 9. The minimum Gasteiger partial charge on any atom is -0.489 e. The molecule has 2 aliphatic heterocycles. The van der Waals surface area contributed by atoms with Crippen LogP contribution in [0.1, 0.15) is 60.4 Å². The fraction of sp³-hybridized carbons (Fsp3) is 0.412. The monoisotopic (exact) mass is 592 g/mol. The van der Waals surface area contributed by atoms with Crippen molar-refractivity contribution in [3.8, 4) is 11.5 Å². The van der Waals surface area contributed by atoms with Crippen LogP contribution in [0.3, 0.4) is 0 Å². The lowest BCUT2D eigenvalue weighted by molar-refractivity contribution is -0.152. The average molecular weight is 593 g/mol. The highest BCUT2D eigenvalue weighted by atomic mass is 16.8. The molecule has 4 rings (SSSR count). The molecule has 0 saturated carbocycles. The van der Waals surface area contributed by atoms with Crippen molar-refractivity contribution in [3.05, 3.63) is 90.0 Å². The second kappa shape index (κ2) is 14.5. The van der Waals surface area contributed by atoms with E-state index in [2.05, 4.69) is 6.58 Å². The molecule has 0 radical (unpaired) electrons. The maximum Gasteiger partial charge on any atom is 0.342 e. The first-order chi connectivity index (χ1) is 20.6. The Hall–Kier alpha value is -3.92. The highest BCUT2D eigenvalue weighted by molar-refractivity contribution is 5.97. The Morgan fingerprint density at radius 2 is 1.86 bits per heavy atom. The van der Waals surface area contributed by atoms with Gasteiger partial charge in [-0.1, -0.05) is 56.0 Å². The van der Waals surface area contributed by atoms with E-state index in [1.807, 2.05) is 39.0 Å². The molecule has 0 N–H and O–H groups in total. The minimum atomic E-state index is -0.912. The molecular weight excluding hydrogens is 552 g/mol. The lowest BCUT2D eigenvalue weighted by atomic mass is 9.98. The van der Waals surface area contributed by atoms with E-state index >= 15 is 0 Å². The highest BCUT2D eigenvalue weighted by Gasteiger charge is 2.45. The number of ether oxygens (including phenoxy) is 7. The first-order valence-electron chi connectivity index (χ1n) is 14.3. The molecule has 43 heavy (non-hydrogen) atoms. The van der Waals surface area contributed by atoms with Crippen molar-refractivity contribution in [1.29, 1.82) is 0 Å². The van der Waals surface area contributed by atoms with Crippen LogP contribution >= 0.6 is 0 Å². The van der Waals surface area contributed by atoms with Gasteiger partial charge in [-0.15, -0.1) is 0 Å². The Balaban J connectivity index is 1.75. The summed E-state index contributed by atoms with van der Waals surface area (Å²) in [5.41, 5.74) is 1.21. The van der Waals surface area contributed by atoms with Crippen LogP contribution in [0.2, 0.25) is 0 Å². The third-order valence-electron chi connectivity index (χ3n) is 7.11. The summed E-state index contributed by atoms with van der Waals surface area (Å²) in [5, 5.41) is 0. The molecule has 0 amide bonds. The van der Waals surface area contributed by atoms with E-state index in [1.165, 1.54) is 7.11 Å². The largest absolute Gasteiger partial charge is 0.489 e. The summed E-state index contributed by atoms with van der Waals surface area (Å²) in [6, 6.07) is 12.2. The Labute approximate surface area is 253 Å². The second-order valence-electron chi connectivity index (χ2n) is 10.9. The van der Waals surface area contributed by atoms with Gasteiger partial charge in [-0.2, -0.15) is 0 Å². The first-order valence-corrected chi connectivity index (χ1v) is 14.3. The molecule has 2 aromatic rings. The van der Waals surface area contributed by atoms with Crippen molar-refractivity contribution in [2.45, 2.75) is 64.3 Å². The number of methoxy groups -OCH3 is 1. The molecule has 2 aliphatic rings. The number of cyclic esters (lactones) is 1. The van der Waals surface area contributed by atoms with Gasteiger partial charge in [0.05, 0.1) is 11.7 Å². The van der Waals surface area contributed by atoms with Gasteiger partial charge in [-0.3, -0.25) is 0 Å². The van der Waals surface area contributed by atoms with Gasteiger partial charge in [-0.05, 0) is 57.0 Å². The number of hydrogen-bond donors (Lipinski definition) is 0. The van der Waals surface area contributed by atoms with Crippen molar-refractivity contribution in [2.75, 3.05) is 20.5 Å². The average Bonchev–Trinajstić information content (AvgIpc) is 3.30. The molecule has 5 atom stereocenters. The van der Waals surface area contributed by atoms with Gasteiger partial charge in [0.1, 0.15) is 42.0 Å². The summed E-state index contributed by atoms with van der Waals surface area (Å²) < 4.78 is 41.2. The number of carbonyl (C=O) groups is 2. The number of rotatable bonds is 8. The predicted octanol–water partition coefficient (Wildman–Crippen LogP) is 6.13. The van der Waals surface area contributed by atoms with Crippen molar-refractivity contribution in [1.82, 2.24) is 0 Å². The normalized spacial score (nSPS) is 26.5. The number of carbonyl (C=O) groups excluding carboxylic acids is 2. The zero-order valence-corrected chi connectivity index (χ0v) is 25.3. The molecular formula is C34H40O9. The molecule has 9 nitrogen and oxygen atoms in total. The third kappa shape index (κ3) is 8.34. The highest BCUT2D eigenvalue weighted by Crippen LogP contribution is 2.36. The van der Waals surface area contributed by atoms with Crippen LogP contribution in [0, 0.1) is 5.92 Å². The quantitative estimate of drug-likeness (QED) is 0.204. The van der Waals surface area contributed by atoms with Crippen LogP contribution in [-0.2, 0) is 23.7 Å². The van der Waals surface area contributed by atoms with Gasteiger partial charge in [0.2, 0.25) is 0 Å². The van der Waals surface area contributed by atoms with E-state index in [0.29, 0.717) is 23.3 Å². The van der Waals surface area contributed by atoms with Crippen LogP contribution in [0.4, 0.5) is 0 Å². The van der Waals surface area contributed by atoms with Crippen LogP contribution in [0.5, 0.6) is 11.5 Å². The molecule has 230 valence electrons. The lowest BCUT2D eigenvalue weighted by Gasteiger charge is -2.25. The Morgan fingerprint density at radius 3 is 2.58 bits per heavy atom. The van der Waals surface area contributed by atoms with Crippen molar-refractivity contribution >= 4 is 18.0 Å². The summed E-state index contributed by atoms with van der Waals surface area (Å²) in [6.45, 7) is 11.3. The summed E-state index contributed by atoms with van der Waals surface area (Å²) in [4.78, 5) is 26.7. The van der Waals surface area contributed by atoms with Crippen molar-refractivity contribution in [3.63, 3.8) is 0 Å². The van der Waals surface area contributed by atoms with Crippen molar-refractivity contribution in [2.24, 2.45) is 5.92 Å².